The van der Waals surface area contributed by atoms with Crippen LogP contribution in [0.15, 0.2) is 18.2 Å². The van der Waals surface area contributed by atoms with Crippen LogP contribution in [-0.4, -0.2) is 31.5 Å². The number of ether oxygens (including phenoxy) is 3. The third-order valence-electron chi connectivity index (χ3n) is 3.46. The molecule has 0 unspecified atom stereocenters. The summed E-state index contributed by atoms with van der Waals surface area (Å²) in [6, 6.07) is 5.43. The van der Waals surface area contributed by atoms with E-state index in [4.69, 9.17) is 14.2 Å². The molecule has 0 amide bonds. The van der Waals surface area contributed by atoms with Gasteiger partial charge in [0.2, 0.25) is 0 Å². The molecule has 0 aliphatic heterocycles. The van der Waals surface area contributed by atoms with Gasteiger partial charge in [-0.2, -0.15) is 0 Å². The molecule has 1 aromatic rings. The summed E-state index contributed by atoms with van der Waals surface area (Å²) in [5, 5.41) is 9.54. The molecule has 4 heteroatoms. The Bertz CT molecular complexity index is 375. The Kier molecular flexibility index (Phi) is 3.97. The maximum Gasteiger partial charge on any atom is 0.132 e. The SMILES string of the molecule is COc1cc(OC)cc(OC2(CO)CCCC2)c1. The Morgan fingerprint density at radius 2 is 1.50 bits per heavy atom. The highest BCUT2D eigenvalue weighted by Crippen LogP contribution is 2.36. The quantitative estimate of drug-likeness (QED) is 0.874. The molecule has 100 valence electrons. The van der Waals surface area contributed by atoms with Crippen molar-refractivity contribution in [1.82, 2.24) is 0 Å². The van der Waals surface area contributed by atoms with Gasteiger partial charge in [-0.3, -0.25) is 0 Å². The second kappa shape index (κ2) is 5.48. The van der Waals surface area contributed by atoms with Crippen molar-refractivity contribution in [3.8, 4) is 17.2 Å². The molecule has 1 aliphatic rings. The first kappa shape index (κ1) is 13.0. The molecule has 1 aliphatic carbocycles. The molecule has 1 aromatic carbocycles. The van der Waals surface area contributed by atoms with Crippen molar-refractivity contribution in [3.63, 3.8) is 0 Å². The Hall–Kier alpha value is -1.42. The molecule has 0 atom stereocenters. The van der Waals surface area contributed by atoms with E-state index in [0.29, 0.717) is 17.2 Å². The predicted octanol–water partition coefficient (Wildman–Crippen LogP) is 2.39. The number of benzene rings is 1. The molecule has 1 saturated carbocycles. The Morgan fingerprint density at radius 3 is 1.94 bits per heavy atom. The van der Waals surface area contributed by atoms with Gasteiger partial charge in [0.1, 0.15) is 22.8 Å². The zero-order valence-corrected chi connectivity index (χ0v) is 10.9. The molecule has 0 radical (unpaired) electrons. The monoisotopic (exact) mass is 252 g/mol. The molecule has 2 rings (SSSR count). The van der Waals surface area contributed by atoms with Crippen LogP contribution in [0.3, 0.4) is 0 Å². The lowest BCUT2D eigenvalue weighted by molar-refractivity contribution is 0.0149. The van der Waals surface area contributed by atoms with Crippen LogP contribution >= 0.6 is 0 Å². The fraction of sp³-hybridized carbons (Fsp3) is 0.571. The van der Waals surface area contributed by atoms with Crippen molar-refractivity contribution in [2.24, 2.45) is 0 Å². The molecule has 0 aromatic heterocycles. The molecular formula is C14H20O4. The summed E-state index contributed by atoms with van der Waals surface area (Å²) in [5.74, 6) is 2.06. The first-order valence-electron chi connectivity index (χ1n) is 6.24. The van der Waals surface area contributed by atoms with Crippen LogP contribution in [0.25, 0.3) is 0 Å². The van der Waals surface area contributed by atoms with Gasteiger partial charge in [-0.1, -0.05) is 0 Å². The second-order valence-corrected chi connectivity index (χ2v) is 4.70. The van der Waals surface area contributed by atoms with Gasteiger partial charge in [-0.15, -0.1) is 0 Å². The van der Waals surface area contributed by atoms with Gasteiger partial charge in [-0.05, 0) is 25.7 Å². The van der Waals surface area contributed by atoms with Crippen molar-refractivity contribution in [1.29, 1.82) is 0 Å². The first-order chi connectivity index (χ1) is 8.71. The Balaban J connectivity index is 2.21. The van der Waals surface area contributed by atoms with Crippen LogP contribution in [0.2, 0.25) is 0 Å². The molecule has 0 saturated heterocycles. The van der Waals surface area contributed by atoms with Crippen LogP contribution in [0.4, 0.5) is 0 Å². The van der Waals surface area contributed by atoms with Crippen molar-refractivity contribution in [2.75, 3.05) is 20.8 Å². The highest BCUT2D eigenvalue weighted by atomic mass is 16.5. The summed E-state index contributed by atoms with van der Waals surface area (Å²) >= 11 is 0. The summed E-state index contributed by atoms with van der Waals surface area (Å²) in [5.41, 5.74) is -0.433. The first-order valence-corrected chi connectivity index (χ1v) is 6.24. The van der Waals surface area contributed by atoms with Crippen molar-refractivity contribution >= 4 is 0 Å². The highest BCUT2D eigenvalue weighted by Gasteiger charge is 2.35. The molecule has 1 fully saturated rings. The number of aliphatic hydroxyl groups is 1. The van der Waals surface area contributed by atoms with E-state index < -0.39 is 5.60 Å². The maximum absolute atomic E-state index is 9.54. The summed E-state index contributed by atoms with van der Waals surface area (Å²) < 4.78 is 16.4. The lowest BCUT2D eigenvalue weighted by Crippen LogP contribution is -2.36. The maximum atomic E-state index is 9.54. The molecule has 4 nitrogen and oxygen atoms in total. The van der Waals surface area contributed by atoms with Crippen molar-refractivity contribution in [2.45, 2.75) is 31.3 Å². The van der Waals surface area contributed by atoms with Gasteiger partial charge >= 0.3 is 0 Å². The van der Waals surface area contributed by atoms with E-state index in [-0.39, 0.29) is 6.61 Å². The number of aliphatic hydroxyl groups excluding tert-OH is 1. The van der Waals surface area contributed by atoms with Crippen molar-refractivity contribution < 1.29 is 19.3 Å². The lowest BCUT2D eigenvalue weighted by atomic mass is 10.0. The Labute approximate surface area is 107 Å². The van der Waals surface area contributed by atoms with E-state index in [9.17, 15) is 5.11 Å². The standard InChI is InChI=1S/C14H20O4/c1-16-11-7-12(17-2)9-13(8-11)18-14(10-15)5-3-4-6-14/h7-9,15H,3-6,10H2,1-2H3. The molecular weight excluding hydrogens is 232 g/mol. The third-order valence-corrected chi connectivity index (χ3v) is 3.46. The van der Waals surface area contributed by atoms with Crippen LogP contribution in [0.5, 0.6) is 17.2 Å². The number of rotatable bonds is 5. The smallest absolute Gasteiger partial charge is 0.132 e. The second-order valence-electron chi connectivity index (χ2n) is 4.70. The minimum absolute atomic E-state index is 0.0481. The van der Waals surface area contributed by atoms with Gasteiger partial charge in [0.25, 0.3) is 0 Å². The van der Waals surface area contributed by atoms with Crippen LogP contribution in [-0.2, 0) is 0 Å². The number of hydrogen-bond donors (Lipinski definition) is 1. The predicted molar refractivity (Wildman–Crippen MR) is 68.5 cm³/mol. The minimum atomic E-state index is -0.433. The van der Waals surface area contributed by atoms with E-state index in [2.05, 4.69) is 0 Å². The summed E-state index contributed by atoms with van der Waals surface area (Å²) in [6.45, 7) is 0.0481. The van der Waals surface area contributed by atoms with E-state index in [1.807, 2.05) is 12.1 Å². The van der Waals surface area contributed by atoms with Crippen molar-refractivity contribution in [3.05, 3.63) is 18.2 Å². The minimum Gasteiger partial charge on any atom is -0.496 e. The van der Waals surface area contributed by atoms with E-state index in [1.165, 1.54) is 0 Å². The summed E-state index contributed by atoms with van der Waals surface area (Å²) in [4.78, 5) is 0. The Morgan fingerprint density at radius 1 is 1.00 bits per heavy atom. The highest BCUT2D eigenvalue weighted by molar-refractivity contribution is 5.42. The van der Waals surface area contributed by atoms with Gasteiger partial charge in [0, 0.05) is 18.2 Å². The molecule has 0 spiro atoms. The van der Waals surface area contributed by atoms with Gasteiger partial charge in [0.15, 0.2) is 0 Å². The molecule has 0 bridgehead atoms. The normalized spacial score (nSPS) is 17.5. The number of methoxy groups -OCH3 is 2. The summed E-state index contributed by atoms with van der Waals surface area (Å²) in [6.07, 6.45) is 3.98. The van der Waals surface area contributed by atoms with Gasteiger partial charge in [-0.25, -0.2) is 0 Å². The zero-order valence-electron chi connectivity index (χ0n) is 10.9. The van der Waals surface area contributed by atoms with Gasteiger partial charge in [0.05, 0.1) is 20.8 Å². The van der Waals surface area contributed by atoms with E-state index >= 15 is 0 Å². The fourth-order valence-electron chi connectivity index (χ4n) is 2.40. The fourth-order valence-corrected chi connectivity index (χ4v) is 2.40. The number of hydrogen-bond acceptors (Lipinski definition) is 4. The van der Waals surface area contributed by atoms with E-state index in [0.717, 1.165) is 25.7 Å². The van der Waals surface area contributed by atoms with Crippen LogP contribution < -0.4 is 14.2 Å². The van der Waals surface area contributed by atoms with Crippen LogP contribution in [0.1, 0.15) is 25.7 Å². The topological polar surface area (TPSA) is 47.9 Å². The average molecular weight is 252 g/mol. The lowest BCUT2D eigenvalue weighted by Gasteiger charge is -2.28. The molecule has 1 N–H and O–H groups in total. The van der Waals surface area contributed by atoms with Gasteiger partial charge < -0.3 is 19.3 Å². The summed E-state index contributed by atoms with van der Waals surface area (Å²) in [7, 11) is 3.21. The zero-order chi connectivity index (χ0) is 13.0. The molecule has 0 heterocycles. The largest absolute Gasteiger partial charge is 0.496 e. The average Bonchev–Trinajstić information content (AvgIpc) is 2.87. The van der Waals surface area contributed by atoms with Crippen LogP contribution in [0, 0.1) is 0 Å². The third kappa shape index (κ3) is 2.70. The van der Waals surface area contributed by atoms with E-state index in [1.54, 1.807) is 20.3 Å². The molecule has 18 heavy (non-hydrogen) atoms.